The van der Waals surface area contributed by atoms with Crippen molar-refractivity contribution in [2.24, 2.45) is 0 Å². The number of nitrogens with zero attached hydrogens (tertiary/aromatic N) is 3. The Morgan fingerprint density at radius 2 is 1.70 bits per heavy atom. The fourth-order valence-corrected chi connectivity index (χ4v) is 1.69. The summed E-state index contributed by atoms with van der Waals surface area (Å²) >= 11 is 0. The van der Waals surface area contributed by atoms with Crippen LogP contribution in [-0.2, 0) is 12.0 Å². The minimum atomic E-state index is -0.0834. The second-order valence-electron chi connectivity index (χ2n) is 5.67. The van der Waals surface area contributed by atoms with Gasteiger partial charge in [0.25, 0.3) is 0 Å². The van der Waals surface area contributed by atoms with E-state index >= 15 is 0 Å². The Morgan fingerprint density at radius 1 is 1.05 bits per heavy atom. The summed E-state index contributed by atoms with van der Waals surface area (Å²) in [5.41, 5.74) is 1.09. The summed E-state index contributed by atoms with van der Waals surface area (Å²) in [6, 6.07) is 5.88. The van der Waals surface area contributed by atoms with E-state index in [1.165, 1.54) is 5.56 Å². The molecule has 0 fully saturated rings. The monoisotopic (exact) mass is 271 g/mol. The topological polar surface area (TPSA) is 62.7 Å². The SMILES string of the molecule is CNc1cc(NCc2ccncc2)nc(C(C)(C)C)n1. The van der Waals surface area contributed by atoms with Gasteiger partial charge >= 0.3 is 0 Å². The molecular formula is C15H21N5. The van der Waals surface area contributed by atoms with E-state index in [9.17, 15) is 0 Å². The summed E-state index contributed by atoms with van der Waals surface area (Å²) in [4.78, 5) is 13.1. The summed E-state index contributed by atoms with van der Waals surface area (Å²) in [5, 5.41) is 6.41. The number of rotatable bonds is 4. The van der Waals surface area contributed by atoms with Gasteiger partial charge in [-0.2, -0.15) is 0 Å². The Balaban J connectivity index is 2.19. The molecule has 2 N–H and O–H groups in total. The zero-order chi connectivity index (χ0) is 14.6. The summed E-state index contributed by atoms with van der Waals surface area (Å²) in [5.74, 6) is 2.47. The van der Waals surface area contributed by atoms with Crippen LogP contribution in [0.15, 0.2) is 30.6 Å². The van der Waals surface area contributed by atoms with Crippen molar-refractivity contribution in [2.75, 3.05) is 17.7 Å². The Bertz CT molecular complexity index is 560. The van der Waals surface area contributed by atoms with Crippen molar-refractivity contribution in [2.45, 2.75) is 32.7 Å². The van der Waals surface area contributed by atoms with E-state index < -0.39 is 0 Å². The third-order valence-electron chi connectivity index (χ3n) is 2.88. The minimum Gasteiger partial charge on any atom is -0.373 e. The van der Waals surface area contributed by atoms with Crippen molar-refractivity contribution < 1.29 is 0 Å². The molecule has 0 spiro atoms. The Kier molecular flexibility index (Phi) is 4.17. The molecular weight excluding hydrogens is 250 g/mol. The molecule has 0 atom stereocenters. The van der Waals surface area contributed by atoms with E-state index in [2.05, 4.69) is 46.4 Å². The third kappa shape index (κ3) is 3.66. The second kappa shape index (κ2) is 5.86. The van der Waals surface area contributed by atoms with Crippen molar-refractivity contribution in [3.63, 3.8) is 0 Å². The van der Waals surface area contributed by atoms with Gasteiger partial charge in [0.2, 0.25) is 0 Å². The van der Waals surface area contributed by atoms with Crippen LogP contribution in [0.2, 0.25) is 0 Å². The molecule has 2 aromatic rings. The zero-order valence-electron chi connectivity index (χ0n) is 12.4. The van der Waals surface area contributed by atoms with Crippen molar-refractivity contribution in [1.82, 2.24) is 15.0 Å². The summed E-state index contributed by atoms with van der Waals surface area (Å²) in [7, 11) is 1.86. The first-order valence-corrected chi connectivity index (χ1v) is 6.69. The Morgan fingerprint density at radius 3 is 2.30 bits per heavy atom. The first-order chi connectivity index (χ1) is 9.49. The standard InChI is InChI=1S/C15H21N5/c1-15(2,3)14-19-12(16-4)9-13(20-14)18-10-11-5-7-17-8-6-11/h5-9H,10H2,1-4H3,(H2,16,18,19,20). The van der Waals surface area contributed by atoms with E-state index in [0.717, 1.165) is 17.5 Å². The molecule has 0 saturated heterocycles. The number of pyridine rings is 1. The highest BCUT2D eigenvalue weighted by molar-refractivity contribution is 5.48. The van der Waals surface area contributed by atoms with Gasteiger partial charge < -0.3 is 10.6 Å². The highest BCUT2D eigenvalue weighted by Gasteiger charge is 2.18. The summed E-state index contributed by atoms with van der Waals surface area (Å²) in [6.07, 6.45) is 3.58. The molecule has 0 unspecified atom stereocenters. The van der Waals surface area contributed by atoms with Crippen LogP contribution in [0.4, 0.5) is 11.6 Å². The van der Waals surface area contributed by atoms with Gasteiger partial charge in [-0.05, 0) is 17.7 Å². The molecule has 5 nitrogen and oxygen atoms in total. The van der Waals surface area contributed by atoms with Gasteiger partial charge in [0.05, 0.1) is 0 Å². The van der Waals surface area contributed by atoms with Crippen LogP contribution in [0.5, 0.6) is 0 Å². The number of aromatic nitrogens is 3. The highest BCUT2D eigenvalue weighted by atomic mass is 15.1. The maximum absolute atomic E-state index is 4.59. The number of hydrogen-bond acceptors (Lipinski definition) is 5. The quantitative estimate of drug-likeness (QED) is 0.895. The lowest BCUT2D eigenvalue weighted by molar-refractivity contribution is 0.546. The van der Waals surface area contributed by atoms with E-state index in [4.69, 9.17) is 0 Å². The third-order valence-corrected chi connectivity index (χ3v) is 2.88. The molecule has 106 valence electrons. The maximum Gasteiger partial charge on any atom is 0.138 e. The summed E-state index contributed by atoms with van der Waals surface area (Å²) in [6.45, 7) is 7.03. The lowest BCUT2D eigenvalue weighted by Gasteiger charge is -2.18. The lowest BCUT2D eigenvalue weighted by Crippen LogP contribution is -2.18. The van der Waals surface area contributed by atoms with Crippen LogP contribution in [0.1, 0.15) is 32.2 Å². The fourth-order valence-electron chi connectivity index (χ4n) is 1.69. The molecule has 2 aromatic heterocycles. The smallest absolute Gasteiger partial charge is 0.138 e. The van der Waals surface area contributed by atoms with Gasteiger partial charge in [-0.3, -0.25) is 4.98 Å². The van der Waals surface area contributed by atoms with Gasteiger partial charge in [-0.25, -0.2) is 9.97 Å². The Labute approximate surface area is 119 Å². The van der Waals surface area contributed by atoms with Gasteiger partial charge in [0.15, 0.2) is 0 Å². The molecule has 20 heavy (non-hydrogen) atoms. The van der Waals surface area contributed by atoms with Crippen LogP contribution in [-0.4, -0.2) is 22.0 Å². The molecule has 0 radical (unpaired) electrons. The molecule has 0 aliphatic rings. The molecule has 0 aliphatic heterocycles. The van der Waals surface area contributed by atoms with Crippen LogP contribution in [0.3, 0.4) is 0 Å². The van der Waals surface area contributed by atoms with E-state index in [1.807, 2.05) is 25.2 Å². The molecule has 0 saturated carbocycles. The van der Waals surface area contributed by atoms with Gasteiger partial charge in [-0.15, -0.1) is 0 Å². The first kappa shape index (κ1) is 14.2. The van der Waals surface area contributed by atoms with Crippen molar-refractivity contribution in [1.29, 1.82) is 0 Å². The molecule has 0 amide bonds. The molecule has 5 heteroatoms. The van der Waals surface area contributed by atoms with E-state index in [0.29, 0.717) is 6.54 Å². The fraction of sp³-hybridized carbons (Fsp3) is 0.400. The number of hydrogen-bond donors (Lipinski definition) is 2. The van der Waals surface area contributed by atoms with Gasteiger partial charge in [-0.1, -0.05) is 20.8 Å². The van der Waals surface area contributed by atoms with Crippen LogP contribution >= 0.6 is 0 Å². The van der Waals surface area contributed by atoms with Crippen LogP contribution in [0, 0.1) is 0 Å². The largest absolute Gasteiger partial charge is 0.373 e. The minimum absolute atomic E-state index is 0.0834. The highest BCUT2D eigenvalue weighted by Crippen LogP contribution is 2.22. The predicted octanol–water partition coefficient (Wildman–Crippen LogP) is 2.82. The van der Waals surface area contributed by atoms with E-state index in [1.54, 1.807) is 12.4 Å². The molecule has 2 rings (SSSR count). The van der Waals surface area contributed by atoms with Crippen LogP contribution in [0.25, 0.3) is 0 Å². The molecule has 0 aromatic carbocycles. The average molecular weight is 271 g/mol. The summed E-state index contributed by atoms with van der Waals surface area (Å²) < 4.78 is 0. The maximum atomic E-state index is 4.59. The molecule has 0 bridgehead atoms. The van der Waals surface area contributed by atoms with E-state index in [-0.39, 0.29) is 5.41 Å². The first-order valence-electron chi connectivity index (χ1n) is 6.69. The number of nitrogens with one attached hydrogen (secondary N) is 2. The zero-order valence-corrected chi connectivity index (χ0v) is 12.4. The van der Waals surface area contributed by atoms with Gasteiger partial charge in [0, 0.05) is 37.5 Å². The predicted molar refractivity (Wildman–Crippen MR) is 81.8 cm³/mol. The van der Waals surface area contributed by atoms with Crippen LogP contribution < -0.4 is 10.6 Å². The van der Waals surface area contributed by atoms with Crippen molar-refractivity contribution >= 4 is 11.6 Å². The van der Waals surface area contributed by atoms with Crippen molar-refractivity contribution in [3.8, 4) is 0 Å². The molecule has 0 aliphatic carbocycles. The lowest BCUT2D eigenvalue weighted by atomic mass is 9.96. The number of anilines is 2. The Hall–Kier alpha value is -2.17. The molecule has 2 heterocycles. The second-order valence-corrected chi connectivity index (χ2v) is 5.67. The average Bonchev–Trinajstić information content (AvgIpc) is 2.45. The van der Waals surface area contributed by atoms with Gasteiger partial charge in [0.1, 0.15) is 17.5 Å². The van der Waals surface area contributed by atoms with Crippen molar-refractivity contribution in [3.05, 3.63) is 42.0 Å². The normalized spacial score (nSPS) is 11.2.